The summed E-state index contributed by atoms with van der Waals surface area (Å²) in [4.78, 5) is 41.6. The minimum atomic E-state index is -0.165. The van der Waals surface area contributed by atoms with Gasteiger partial charge in [0, 0.05) is 25.1 Å². The lowest BCUT2D eigenvalue weighted by Gasteiger charge is -2.27. The average molecular weight is 415 g/mol. The van der Waals surface area contributed by atoms with Crippen molar-refractivity contribution in [3.8, 4) is 11.5 Å². The van der Waals surface area contributed by atoms with Crippen LogP contribution in [-0.4, -0.2) is 54.8 Å². The van der Waals surface area contributed by atoms with E-state index in [4.69, 9.17) is 9.47 Å². The van der Waals surface area contributed by atoms with Crippen molar-refractivity contribution in [2.45, 2.75) is 51.0 Å². The largest absolute Gasteiger partial charge is 0.497 e. The number of ether oxygens (including phenoxy) is 2. The lowest BCUT2D eigenvalue weighted by Crippen LogP contribution is -2.37. The molecule has 1 aliphatic carbocycles. The molecule has 1 aromatic rings. The summed E-state index contributed by atoms with van der Waals surface area (Å²) < 4.78 is 10.9. The van der Waals surface area contributed by atoms with E-state index in [0.29, 0.717) is 6.54 Å². The van der Waals surface area contributed by atoms with Gasteiger partial charge in [0.25, 0.3) is 0 Å². The Morgan fingerprint density at radius 1 is 1.00 bits per heavy atom. The van der Waals surface area contributed by atoms with Crippen molar-refractivity contribution in [3.63, 3.8) is 0 Å². The fraction of sp³-hybridized carbons (Fsp3) is 0.609. The van der Waals surface area contributed by atoms with Crippen LogP contribution >= 0.6 is 0 Å². The van der Waals surface area contributed by atoms with Gasteiger partial charge in [-0.25, -0.2) is 0 Å². The molecule has 2 saturated heterocycles. The van der Waals surface area contributed by atoms with E-state index in [0.717, 1.165) is 55.6 Å². The second-order valence-corrected chi connectivity index (χ2v) is 8.43. The fourth-order valence-electron chi connectivity index (χ4n) is 5.29. The monoisotopic (exact) mass is 414 g/mol. The summed E-state index contributed by atoms with van der Waals surface area (Å²) >= 11 is 0. The topological polar surface area (TPSA) is 76.2 Å². The number of fused-ring (bicyclic) bond motifs is 1. The molecule has 3 amide bonds. The maximum Gasteiger partial charge on any atom is 0.233 e. The maximum absolute atomic E-state index is 13.1. The Labute approximate surface area is 177 Å². The molecule has 162 valence electrons. The van der Waals surface area contributed by atoms with Crippen LogP contribution in [0.2, 0.25) is 0 Å². The van der Waals surface area contributed by atoms with E-state index in [1.54, 1.807) is 14.2 Å². The van der Waals surface area contributed by atoms with Crippen LogP contribution in [0.15, 0.2) is 18.2 Å². The second-order valence-electron chi connectivity index (χ2n) is 8.43. The van der Waals surface area contributed by atoms with E-state index >= 15 is 0 Å². The molecule has 0 bridgehead atoms. The SMILES string of the molecule is COc1ccc(OC)c([C@H]2CCCN2C(=O)CCN2C(=O)[C@H]3CCCC[C@H]3C2=O)c1. The number of imide groups is 1. The highest BCUT2D eigenvalue weighted by Gasteiger charge is 2.48. The van der Waals surface area contributed by atoms with Crippen LogP contribution in [0.25, 0.3) is 0 Å². The zero-order valence-electron chi connectivity index (χ0n) is 17.8. The molecule has 2 aliphatic heterocycles. The van der Waals surface area contributed by atoms with Crippen molar-refractivity contribution >= 4 is 17.7 Å². The van der Waals surface area contributed by atoms with Gasteiger partial charge in [-0.15, -0.1) is 0 Å². The van der Waals surface area contributed by atoms with Crippen molar-refractivity contribution < 1.29 is 23.9 Å². The molecule has 4 rings (SSSR count). The number of methoxy groups -OCH3 is 2. The number of hydrogen-bond donors (Lipinski definition) is 0. The molecule has 3 aliphatic rings. The van der Waals surface area contributed by atoms with Gasteiger partial charge in [-0.3, -0.25) is 19.3 Å². The summed E-state index contributed by atoms with van der Waals surface area (Å²) in [5.41, 5.74) is 0.932. The molecule has 7 nitrogen and oxygen atoms in total. The molecule has 0 spiro atoms. The Morgan fingerprint density at radius 2 is 1.70 bits per heavy atom. The molecular formula is C23H30N2O5. The van der Waals surface area contributed by atoms with Crippen LogP contribution in [0.5, 0.6) is 11.5 Å². The molecule has 1 saturated carbocycles. The van der Waals surface area contributed by atoms with Gasteiger partial charge in [-0.2, -0.15) is 0 Å². The summed E-state index contributed by atoms with van der Waals surface area (Å²) in [5, 5.41) is 0. The minimum absolute atomic E-state index is 0.0298. The third kappa shape index (κ3) is 3.66. The average Bonchev–Trinajstić information content (AvgIpc) is 3.36. The molecule has 0 radical (unpaired) electrons. The first kappa shape index (κ1) is 20.7. The summed E-state index contributed by atoms with van der Waals surface area (Å²) in [5.74, 6) is 0.937. The van der Waals surface area contributed by atoms with E-state index in [1.807, 2.05) is 23.1 Å². The first-order valence-corrected chi connectivity index (χ1v) is 10.9. The summed E-state index contributed by atoms with van der Waals surface area (Å²) in [7, 11) is 3.24. The number of nitrogens with zero attached hydrogens (tertiary/aromatic N) is 2. The Balaban J connectivity index is 1.45. The number of amides is 3. The standard InChI is InChI=1S/C23H30N2O5/c1-29-15-9-10-20(30-2)18(14-15)19-8-5-12-24(19)21(26)11-13-25-22(27)16-6-3-4-7-17(16)23(25)28/h9-10,14,16-17,19H,3-8,11-13H2,1-2H3/t16-,17+,19-/m1/s1. The van der Waals surface area contributed by atoms with Crippen LogP contribution < -0.4 is 9.47 Å². The third-order valence-electron chi connectivity index (χ3n) is 6.85. The normalized spacial score (nSPS) is 26.1. The molecule has 2 heterocycles. The van der Waals surface area contributed by atoms with E-state index in [1.165, 1.54) is 4.90 Å². The fourth-order valence-corrected chi connectivity index (χ4v) is 5.29. The predicted octanol–water partition coefficient (Wildman–Crippen LogP) is 2.93. The number of likely N-dealkylation sites (tertiary alicyclic amines) is 2. The quantitative estimate of drug-likeness (QED) is 0.669. The van der Waals surface area contributed by atoms with Gasteiger partial charge in [0.15, 0.2) is 0 Å². The van der Waals surface area contributed by atoms with Crippen LogP contribution in [0.4, 0.5) is 0 Å². The number of benzene rings is 1. The summed E-state index contributed by atoms with van der Waals surface area (Å²) in [6, 6.07) is 5.54. The predicted molar refractivity (Wildman–Crippen MR) is 110 cm³/mol. The number of carbonyl (C=O) groups excluding carboxylic acids is 3. The number of hydrogen-bond acceptors (Lipinski definition) is 5. The minimum Gasteiger partial charge on any atom is -0.497 e. The highest BCUT2D eigenvalue weighted by molar-refractivity contribution is 6.05. The molecule has 0 N–H and O–H groups in total. The van der Waals surface area contributed by atoms with Gasteiger partial charge in [0.2, 0.25) is 17.7 Å². The van der Waals surface area contributed by atoms with Crippen LogP contribution in [0.1, 0.15) is 56.6 Å². The van der Waals surface area contributed by atoms with Crippen LogP contribution in [-0.2, 0) is 14.4 Å². The molecule has 7 heteroatoms. The number of carbonyl (C=O) groups is 3. The van der Waals surface area contributed by atoms with Crippen molar-refractivity contribution in [2.24, 2.45) is 11.8 Å². The van der Waals surface area contributed by atoms with Gasteiger partial charge in [0.1, 0.15) is 11.5 Å². The highest BCUT2D eigenvalue weighted by atomic mass is 16.5. The Hall–Kier alpha value is -2.57. The van der Waals surface area contributed by atoms with Crippen molar-refractivity contribution in [1.29, 1.82) is 0 Å². The first-order chi connectivity index (χ1) is 14.5. The zero-order valence-corrected chi connectivity index (χ0v) is 17.8. The third-order valence-corrected chi connectivity index (χ3v) is 6.85. The summed E-state index contributed by atoms with van der Waals surface area (Å²) in [6.45, 7) is 0.846. The molecule has 3 fully saturated rings. The van der Waals surface area contributed by atoms with E-state index in [-0.39, 0.29) is 48.6 Å². The lowest BCUT2D eigenvalue weighted by molar-refractivity contribution is -0.141. The van der Waals surface area contributed by atoms with Gasteiger partial charge in [0.05, 0.1) is 32.1 Å². The maximum atomic E-state index is 13.1. The van der Waals surface area contributed by atoms with E-state index in [9.17, 15) is 14.4 Å². The van der Waals surface area contributed by atoms with Crippen LogP contribution in [0.3, 0.4) is 0 Å². The van der Waals surface area contributed by atoms with E-state index in [2.05, 4.69) is 0 Å². The zero-order chi connectivity index (χ0) is 21.3. The Morgan fingerprint density at radius 3 is 2.33 bits per heavy atom. The Kier molecular flexibility index (Phi) is 5.97. The molecule has 0 aromatic heterocycles. The molecule has 0 unspecified atom stereocenters. The number of rotatable bonds is 6. The highest BCUT2D eigenvalue weighted by Crippen LogP contribution is 2.40. The van der Waals surface area contributed by atoms with Crippen molar-refractivity contribution in [1.82, 2.24) is 9.80 Å². The van der Waals surface area contributed by atoms with Gasteiger partial charge >= 0.3 is 0 Å². The van der Waals surface area contributed by atoms with Gasteiger partial charge in [-0.05, 0) is 43.9 Å². The smallest absolute Gasteiger partial charge is 0.233 e. The van der Waals surface area contributed by atoms with Gasteiger partial charge in [-0.1, -0.05) is 12.8 Å². The first-order valence-electron chi connectivity index (χ1n) is 10.9. The molecule has 30 heavy (non-hydrogen) atoms. The van der Waals surface area contributed by atoms with Crippen molar-refractivity contribution in [2.75, 3.05) is 27.3 Å². The summed E-state index contributed by atoms with van der Waals surface area (Å²) in [6.07, 6.45) is 5.52. The second kappa shape index (κ2) is 8.66. The van der Waals surface area contributed by atoms with E-state index < -0.39 is 0 Å². The molecule has 1 aromatic carbocycles. The Bertz CT molecular complexity index is 815. The van der Waals surface area contributed by atoms with Crippen molar-refractivity contribution in [3.05, 3.63) is 23.8 Å². The molecular weight excluding hydrogens is 384 g/mol. The molecule has 3 atom stereocenters. The lowest BCUT2D eigenvalue weighted by atomic mass is 9.81. The van der Waals surface area contributed by atoms with Gasteiger partial charge < -0.3 is 14.4 Å². The van der Waals surface area contributed by atoms with Crippen LogP contribution in [0, 0.1) is 11.8 Å².